The first-order valence-electron chi connectivity index (χ1n) is 7.90. The Bertz CT molecular complexity index is 290. The molecule has 1 amide bonds. The fourth-order valence-electron chi connectivity index (χ4n) is 3.61. The Balaban J connectivity index is 1.89. The molecule has 0 radical (unpaired) electrons. The summed E-state index contributed by atoms with van der Waals surface area (Å²) in [6.45, 7) is 4.54. The van der Waals surface area contributed by atoms with Crippen LogP contribution in [0, 0.1) is 0 Å². The summed E-state index contributed by atoms with van der Waals surface area (Å²) in [5.74, 6) is 0.259. The van der Waals surface area contributed by atoms with Crippen molar-refractivity contribution in [3.05, 3.63) is 0 Å². The SMILES string of the molecule is CCN(C(=O)CN1CCCC1CO)C1CCCCC1. The van der Waals surface area contributed by atoms with Gasteiger partial charge in [-0.05, 0) is 39.2 Å². The Hall–Kier alpha value is -0.610. The maximum atomic E-state index is 12.5. The molecule has 2 rings (SSSR count). The highest BCUT2D eigenvalue weighted by Crippen LogP contribution is 2.23. The van der Waals surface area contributed by atoms with E-state index in [1.807, 2.05) is 0 Å². The first-order valence-corrected chi connectivity index (χ1v) is 7.90. The number of likely N-dealkylation sites (N-methyl/N-ethyl adjacent to an activating group) is 1. The van der Waals surface area contributed by atoms with Gasteiger partial charge in [0.1, 0.15) is 0 Å². The zero-order valence-electron chi connectivity index (χ0n) is 12.2. The van der Waals surface area contributed by atoms with Crippen LogP contribution in [0.1, 0.15) is 51.9 Å². The molecule has 0 aromatic carbocycles. The molecule has 0 aromatic heterocycles. The van der Waals surface area contributed by atoms with Gasteiger partial charge in [-0.15, -0.1) is 0 Å². The van der Waals surface area contributed by atoms with Crippen molar-refractivity contribution in [3.63, 3.8) is 0 Å². The first kappa shape index (κ1) is 14.8. The van der Waals surface area contributed by atoms with Crippen LogP contribution in [0.2, 0.25) is 0 Å². The van der Waals surface area contributed by atoms with Gasteiger partial charge < -0.3 is 10.0 Å². The van der Waals surface area contributed by atoms with Crippen molar-refractivity contribution in [2.75, 3.05) is 26.2 Å². The minimum absolute atomic E-state index is 0.183. The van der Waals surface area contributed by atoms with Gasteiger partial charge in [-0.25, -0.2) is 0 Å². The van der Waals surface area contributed by atoms with E-state index in [1.54, 1.807) is 0 Å². The fraction of sp³-hybridized carbons (Fsp3) is 0.933. The number of carbonyl (C=O) groups is 1. The number of rotatable bonds is 5. The molecule has 1 atom stereocenters. The second-order valence-corrected chi connectivity index (χ2v) is 5.92. The van der Waals surface area contributed by atoms with E-state index in [0.29, 0.717) is 12.6 Å². The summed E-state index contributed by atoms with van der Waals surface area (Å²) < 4.78 is 0. The van der Waals surface area contributed by atoms with Crippen molar-refractivity contribution >= 4 is 5.91 Å². The summed E-state index contributed by atoms with van der Waals surface area (Å²) in [7, 11) is 0. The maximum absolute atomic E-state index is 12.5. The van der Waals surface area contributed by atoms with Crippen LogP contribution in [0.5, 0.6) is 0 Å². The summed E-state index contributed by atoms with van der Waals surface area (Å²) >= 11 is 0. The zero-order valence-corrected chi connectivity index (χ0v) is 12.2. The third-order valence-electron chi connectivity index (χ3n) is 4.72. The Kier molecular flexibility index (Phi) is 5.64. The molecule has 1 saturated carbocycles. The number of nitrogens with zero attached hydrogens (tertiary/aromatic N) is 2. The summed E-state index contributed by atoms with van der Waals surface area (Å²) in [6.07, 6.45) is 8.31. The van der Waals surface area contributed by atoms with Crippen LogP contribution in [0.25, 0.3) is 0 Å². The molecular weight excluding hydrogens is 240 g/mol. The number of likely N-dealkylation sites (tertiary alicyclic amines) is 1. The number of carbonyl (C=O) groups excluding carboxylic acids is 1. The number of aliphatic hydroxyl groups excluding tert-OH is 1. The van der Waals surface area contributed by atoms with Gasteiger partial charge in [0.05, 0.1) is 13.2 Å². The number of hydrogen-bond donors (Lipinski definition) is 1. The summed E-state index contributed by atoms with van der Waals surface area (Å²) in [5.41, 5.74) is 0. The van der Waals surface area contributed by atoms with Gasteiger partial charge in [-0.2, -0.15) is 0 Å². The molecule has 110 valence electrons. The van der Waals surface area contributed by atoms with Gasteiger partial charge >= 0.3 is 0 Å². The molecule has 0 bridgehead atoms. The summed E-state index contributed by atoms with van der Waals surface area (Å²) in [5, 5.41) is 9.33. The fourth-order valence-corrected chi connectivity index (χ4v) is 3.61. The minimum atomic E-state index is 0.183. The molecule has 1 N–H and O–H groups in total. The highest BCUT2D eigenvalue weighted by Gasteiger charge is 2.29. The predicted molar refractivity (Wildman–Crippen MR) is 75.9 cm³/mol. The molecule has 1 heterocycles. The standard InChI is InChI=1S/C15H28N2O2/c1-2-17(13-7-4-3-5-8-13)15(19)11-16-10-6-9-14(16)12-18/h13-14,18H,2-12H2,1H3. The molecule has 1 saturated heterocycles. The van der Waals surface area contributed by atoms with Crippen LogP contribution in [-0.4, -0.2) is 59.1 Å². The van der Waals surface area contributed by atoms with E-state index < -0.39 is 0 Å². The van der Waals surface area contributed by atoms with Crippen molar-refractivity contribution < 1.29 is 9.90 Å². The van der Waals surface area contributed by atoms with Gasteiger partial charge in [0.2, 0.25) is 5.91 Å². The Labute approximate surface area is 116 Å². The third kappa shape index (κ3) is 3.69. The number of amides is 1. The molecule has 1 aliphatic carbocycles. The van der Waals surface area contributed by atoms with E-state index in [-0.39, 0.29) is 18.6 Å². The van der Waals surface area contributed by atoms with Gasteiger partial charge in [-0.1, -0.05) is 19.3 Å². The number of hydrogen-bond acceptors (Lipinski definition) is 3. The largest absolute Gasteiger partial charge is 0.395 e. The highest BCUT2D eigenvalue weighted by atomic mass is 16.3. The summed E-state index contributed by atoms with van der Waals surface area (Å²) in [4.78, 5) is 16.7. The Morgan fingerprint density at radius 1 is 1.21 bits per heavy atom. The Morgan fingerprint density at radius 2 is 1.95 bits per heavy atom. The smallest absolute Gasteiger partial charge is 0.236 e. The van der Waals surface area contributed by atoms with E-state index in [2.05, 4.69) is 16.7 Å². The van der Waals surface area contributed by atoms with Crippen molar-refractivity contribution in [2.45, 2.75) is 64.0 Å². The van der Waals surface area contributed by atoms with Gasteiger partial charge in [0, 0.05) is 18.6 Å². The molecule has 2 aliphatic rings. The van der Waals surface area contributed by atoms with Crippen molar-refractivity contribution in [3.8, 4) is 0 Å². The lowest BCUT2D eigenvalue weighted by Crippen LogP contribution is -2.47. The van der Waals surface area contributed by atoms with Crippen molar-refractivity contribution in [1.29, 1.82) is 0 Å². The topological polar surface area (TPSA) is 43.8 Å². The van der Waals surface area contributed by atoms with Gasteiger partial charge in [0.25, 0.3) is 0 Å². The molecule has 0 aromatic rings. The van der Waals surface area contributed by atoms with Crippen LogP contribution in [0.15, 0.2) is 0 Å². The van der Waals surface area contributed by atoms with Gasteiger partial charge in [-0.3, -0.25) is 9.69 Å². The predicted octanol–water partition coefficient (Wildman–Crippen LogP) is 1.62. The Morgan fingerprint density at radius 3 is 2.58 bits per heavy atom. The van der Waals surface area contributed by atoms with Crippen LogP contribution >= 0.6 is 0 Å². The normalized spacial score (nSPS) is 25.7. The van der Waals surface area contributed by atoms with Crippen molar-refractivity contribution in [2.24, 2.45) is 0 Å². The van der Waals surface area contributed by atoms with E-state index in [4.69, 9.17) is 0 Å². The second-order valence-electron chi connectivity index (χ2n) is 5.92. The highest BCUT2D eigenvalue weighted by molar-refractivity contribution is 5.78. The monoisotopic (exact) mass is 268 g/mol. The van der Waals surface area contributed by atoms with E-state index in [9.17, 15) is 9.90 Å². The lowest BCUT2D eigenvalue weighted by molar-refractivity contribution is -0.135. The zero-order chi connectivity index (χ0) is 13.7. The van der Waals surface area contributed by atoms with Crippen molar-refractivity contribution in [1.82, 2.24) is 9.80 Å². The van der Waals surface area contributed by atoms with E-state index in [1.165, 1.54) is 32.1 Å². The second kappa shape index (κ2) is 7.25. The van der Waals surface area contributed by atoms with Crippen LogP contribution < -0.4 is 0 Å². The molecule has 1 aliphatic heterocycles. The average Bonchev–Trinajstić information content (AvgIpc) is 2.88. The quantitative estimate of drug-likeness (QED) is 0.824. The van der Waals surface area contributed by atoms with E-state index in [0.717, 1.165) is 25.9 Å². The minimum Gasteiger partial charge on any atom is -0.395 e. The molecule has 4 heteroatoms. The molecule has 19 heavy (non-hydrogen) atoms. The average molecular weight is 268 g/mol. The number of aliphatic hydroxyl groups is 1. The van der Waals surface area contributed by atoms with Crippen LogP contribution in [-0.2, 0) is 4.79 Å². The molecular formula is C15H28N2O2. The molecule has 4 nitrogen and oxygen atoms in total. The molecule has 2 fully saturated rings. The van der Waals surface area contributed by atoms with Crippen LogP contribution in [0.4, 0.5) is 0 Å². The van der Waals surface area contributed by atoms with Gasteiger partial charge in [0.15, 0.2) is 0 Å². The molecule has 1 unspecified atom stereocenters. The van der Waals surface area contributed by atoms with E-state index >= 15 is 0 Å². The molecule has 0 spiro atoms. The van der Waals surface area contributed by atoms with Crippen LogP contribution in [0.3, 0.4) is 0 Å². The summed E-state index contributed by atoms with van der Waals surface area (Å²) in [6, 6.07) is 0.662. The lowest BCUT2D eigenvalue weighted by atomic mass is 9.94. The first-order chi connectivity index (χ1) is 9.26. The third-order valence-corrected chi connectivity index (χ3v) is 4.72. The lowest BCUT2D eigenvalue weighted by Gasteiger charge is -2.35. The maximum Gasteiger partial charge on any atom is 0.236 e.